The third-order valence-electron chi connectivity index (χ3n) is 11.5. The first kappa shape index (κ1) is 34.5. The maximum absolute atomic E-state index is 12.1. The van der Waals surface area contributed by atoms with Crippen LogP contribution in [-0.2, 0) is 22.8 Å². The number of methoxy groups -OCH3 is 1. The molecular weight excluding hydrogens is 573 g/mol. The second kappa shape index (κ2) is 12.1. The molecule has 0 aromatic carbocycles. The van der Waals surface area contributed by atoms with Crippen molar-refractivity contribution < 1.29 is 22.8 Å². The van der Waals surface area contributed by atoms with Gasteiger partial charge < -0.3 is 18.0 Å². The molecular formula is C34H64O5Si3. The highest BCUT2D eigenvalue weighted by molar-refractivity contribution is 6.70. The monoisotopic (exact) mass is 636 g/mol. The Hall–Kier alpha value is -0.419. The Kier molecular flexibility index (Phi) is 9.90. The van der Waals surface area contributed by atoms with E-state index in [2.05, 4.69) is 85.8 Å². The van der Waals surface area contributed by atoms with Crippen molar-refractivity contribution in [3.8, 4) is 0 Å². The normalized spacial score (nSPS) is 39.5. The van der Waals surface area contributed by atoms with Crippen LogP contribution in [0.4, 0.5) is 0 Å². The van der Waals surface area contributed by atoms with Gasteiger partial charge in [-0.2, -0.15) is 0 Å². The molecule has 0 N–H and O–H groups in total. The van der Waals surface area contributed by atoms with Gasteiger partial charge in [0.15, 0.2) is 16.6 Å². The van der Waals surface area contributed by atoms with Crippen molar-refractivity contribution in [3.05, 3.63) is 11.8 Å². The van der Waals surface area contributed by atoms with Gasteiger partial charge in [-0.05, 0) is 150 Å². The van der Waals surface area contributed by atoms with E-state index < -0.39 is 25.0 Å². The van der Waals surface area contributed by atoms with Gasteiger partial charge in [-0.3, -0.25) is 4.79 Å². The van der Waals surface area contributed by atoms with Crippen molar-refractivity contribution in [1.29, 1.82) is 0 Å². The highest BCUT2D eigenvalue weighted by Crippen LogP contribution is 2.69. The molecule has 10 atom stereocenters. The lowest BCUT2D eigenvalue weighted by Gasteiger charge is -2.63. The second-order valence-corrected chi connectivity index (χ2v) is 31.2. The maximum atomic E-state index is 12.1. The largest absolute Gasteiger partial charge is 0.547 e. The Morgan fingerprint density at radius 1 is 0.905 bits per heavy atom. The zero-order chi connectivity index (χ0) is 31.5. The molecule has 0 spiro atoms. The summed E-state index contributed by atoms with van der Waals surface area (Å²) >= 11 is 0. The topological polar surface area (TPSA) is 54.0 Å². The van der Waals surface area contributed by atoms with Crippen LogP contribution < -0.4 is 0 Å². The molecule has 5 nitrogen and oxygen atoms in total. The van der Waals surface area contributed by atoms with Crippen LogP contribution >= 0.6 is 0 Å². The number of hydrogen-bond acceptors (Lipinski definition) is 5. The summed E-state index contributed by atoms with van der Waals surface area (Å²) in [6.45, 7) is 28.7. The molecule has 0 aromatic heterocycles. The predicted octanol–water partition coefficient (Wildman–Crippen LogP) is 9.24. The van der Waals surface area contributed by atoms with E-state index >= 15 is 0 Å². The molecule has 3 saturated carbocycles. The molecule has 8 heteroatoms. The quantitative estimate of drug-likeness (QED) is 0.177. The van der Waals surface area contributed by atoms with E-state index in [-0.39, 0.29) is 22.9 Å². The Balaban J connectivity index is 1.76. The molecule has 0 amide bonds. The zero-order valence-corrected chi connectivity index (χ0v) is 32.4. The van der Waals surface area contributed by atoms with Gasteiger partial charge in [0.2, 0.25) is 8.32 Å². The fourth-order valence-corrected chi connectivity index (χ4v) is 13.2. The van der Waals surface area contributed by atoms with E-state index in [4.69, 9.17) is 18.0 Å². The third kappa shape index (κ3) is 7.18. The highest BCUT2D eigenvalue weighted by atomic mass is 28.4. The molecule has 3 fully saturated rings. The van der Waals surface area contributed by atoms with E-state index in [0.717, 1.165) is 19.3 Å². The van der Waals surface area contributed by atoms with Crippen LogP contribution in [0.25, 0.3) is 0 Å². The lowest BCUT2D eigenvalue weighted by Crippen LogP contribution is -2.61. The van der Waals surface area contributed by atoms with E-state index in [9.17, 15) is 4.79 Å². The number of carbonyl (C=O) groups is 1. The lowest BCUT2D eigenvalue weighted by molar-refractivity contribution is -0.148. The van der Waals surface area contributed by atoms with Gasteiger partial charge in [0.1, 0.15) is 0 Å². The van der Waals surface area contributed by atoms with E-state index in [1.807, 2.05) is 0 Å². The van der Waals surface area contributed by atoms with Gasteiger partial charge in [0, 0.05) is 18.4 Å². The Morgan fingerprint density at radius 2 is 1.55 bits per heavy atom. The van der Waals surface area contributed by atoms with Crippen molar-refractivity contribution in [2.24, 2.45) is 46.3 Å². The highest BCUT2D eigenvalue weighted by Gasteiger charge is 2.66. The van der Waals surface area contributed by atoms with Crippen molar-refractivity contribution in [3.63, 3.8) is 0 Å². The molecule has 8 unspecified atom stereocenters. The fraction of sp³-hybridized carbons (Fsp3) is 0.912. The second-order valence-electron chi connectivity index (χ2n) is 17.9. The van der Waals surface area contributed by atoms with Gasteiger partial charge in [0.25, 0.3) is 0 Å². The summed E-state index contributed by atoms with van der Waals surface area (Å²) in [7, 11) is -3.72. The number of carbonyl (C=O) groups excluding carboxylic acids is 1. The molecule has 42 heavy (non-hydrogen) atoms. The van der Waals surface area contributed by atoms with Crippen molar-refractivity contribution in [1.82, 2.24) is 0 Å². The SMILES string of the molecule is COC(=O)CCC(C)C1CCC2C3C(O[Si](C)(C)C)=CC4CC(O[Si](C)(C)C)CC[C@]4(C)C3CC(O[Si](C)(C)C)[C@]12C. The van der Waals surface area contributed by atoms with Crippen LogP contribution in [0.1, 0.15) is 72.1 Å². The molecule has 0 aliphatic heterocycles. The van der Waals surface area contributed by atoms with Crippen LogP contribution in [0, 0.1) is 46.3 Å². The first-order valence-corrected chi connectivity index (χ1v) is 27.2. The minimum atomic E-state index is -1.82. The van der Waals surface area contributed by atoms with E-state index in [0.29, 0.717) is 48.0 Å². The van der Waals surface area contributed by atoms with Gasteiger partial charge >= 0.3 is 5.97 Å². The third-order valence-corrected chi connectivity index (χ3v) is 14.4. The summed E-state index contributed by atoms with van der Waals surface area (Å²) < 4.78 is 26.2. The van der Waals surface area contributed by atoms with Crippen LogP contribution in [0.5, 0.6) is 0 Å². The summed E-state index contributed by atoms with van der Waals surface area (Å²) in [6.07, 6.45) is 11.7. The summed E-state index contributed by atoms with van der Waals surface area (Å²) in [5.74, 6) is 4.28. The van der Waals surface area contributed by atoms with Gasteiger partial charge in [0.05, 0.1) is 19.0 Å². The Labute approximate surface area is 261 Å². The van der Waals surface area contributed by atoms with Gasteiger partial charge in [-0.15, -0.1) is 0 Å². The molecule has 0 saturated heterocycles. The van der Waals surface area contributed by atoms with Crippen LogP contribution in [0.3, 0.4) is 0 Å². The molecule has 4 aliphatic carbocycles. The summed E-state index contributed by atoms with van der Waals surface area (Å²) in [5, 5.41) is 0. The predicted molar refractivity (Wildman–Crippen MR) is 181 cm³/mol. The number of ether oxygens (including phenoxy) is 1. The summed E-state index contributed by atoms with van der Waals surface area (Å²) in [6, 6.07) is 0. The van der Waals surface area contributed by atoms with E-state index in [1.54, 1.807) is 0 Å². The Bertz CT molecular complexity index is 1010. The van der Waals surface area contributed by atoms with Crippen molar-refractivity contribution >= 4 is 30.9 Å². The Morgan fingerprint density at radius 3 is 2.12 bits per heavy atom. The minimum absolute atomic E-state index is 0.0697. The maximum Gasteiger partial charge on any atom is 0.305 e. The smallest absolute Gasteiger partial charge is 0.305 e. The molecule has 0 bridgehead atoms. The van der Waals surface area contributed by atoms with Crippen molar-refractivity contribution in [2.45, 2.75) is 143 Å². The van der Waals surface area contributed by atoms with Crippen LogP contribution in [0.2, 0.25) is 58.9 Å². The van der Waals surface area contributed by atoms with Gasteiger partial charge in [-0.25, -0.2) is 0 Å². The zero-order valence-electron chi connectivity index (χ0n) is 29.4. The summed E-state index contributed by atoms with van der Waals surface area (Å²) in [4.78, 5) is 12.1. The first-order chi connectivity index (χ1) is 19.2. The molecule has 0 radical (unpaired) electrons. The van der Waals surface area contributed by atoms with Crippen LogP contribution in [-0.4, -0.2) is 50.2 Å². The number of hydrogen-bond donors (Lipinski definition) is 0. The minimum Gasteiger partial charge on any atom is -0.547 e. The molecule has 0 aromatic rings. The molecule has 4 rings (SSSR count). The lowest BCUT2D eigenvalue weighted by atomic mass is 9.45. The molecule has 4 aliphatic rings. The molecule has 242 valence electrons. The van der Waals surface area contributed by atoms with Gasteiger partial charge in [-0.1, -0.05) is 20.8 Å². The molecule has 0 heterocycles. The van der Waals surface area contributed by atoms with Crippen molar-refractivity contribution in [2.75, 3.05) is 7.11 Å². The average molecular weight is 637 g/mol. The number of rotatable bonds is 10. The standard InChI is InChI=1S/C34H64O5Si3/c1-23(14-17-31(35)36-4)26-15-16-27-32-28(22-30(34(26,27)3)39-42(11,12)13)33(2)19-18-25(37-40(5,6)7)20-24(33)21-29(32)38-41(8,9)10/h21,23-28,30,32H,14-20,22H2,1-13H3/t23?,24?,25?,26?,27?,28?,30?,32?,33-,34+/m0/s1. The van der Waals surface area contributed by atoms with Crippen LogP contribution in [0.15, 0.2) is 11.8 Å². The summed E-state index contributed by atoms with van der Waals surface area (Å²) in [5.41, 5.74) is 0.313. The fourth-order valence-electron chi connectivity index (χ4n) is 9.85. The number of esters is 1. The number of fused-ring (bicyclic) bond motifs is 5. The number of allylic oxidation sites excluding steroid dienone is 2. The average Bonchev–Trinajstić information content (AvgIpc) is 3.19. The first-order valence-electron chi connectivity index (χ1n) is 17.0. The van der Waals surface area contributed by atoms with E-state index in [1.165, 1.54) is 38.6 Å².